The van der Waals surface area contributed by atoms with Gasteiger partial charge in [-0.3, -0.25) is 19.6 Å². The van der Waals surface area contributed by atoms with E-state index in [-0.39, 0.29) is 24.0 Å². The fraction of sp³-hybridized carbons (Fsp3) is 0.826. The van der Waals surface area contributed by atoms with Crippen molar-refractivity contribution < 1.29 is 4.79 Å². The second-order valence-corrected chi connectivity index (χ2v) is 9.21. The molecule has 3 rings (SSSR count). The van der Waals surface area contributed by atoms with Crippen molar-refractivity contribution in [1.82, 2.24) is 25.3 Å². The van der Waals surface area contributed by atoms with E-state index in [0.29, 0.717) is 17.9 Å². The van der Waals surface area contributed by atoms with Gasteiger partial charge >= 0.3 is 0 Å². The summed E-state index contributed by atoms with van der Waals surface area (Å²) in [6.45, 7) is 17.8. The molecule has 0 atom stereocenters. The van der Waals surface area contributed by atoms with Crippen molar-refractivity contribution in [2.75, 3.05) is 65.4 Å². The van der Waals surface area contributed by atoms with Crippen LogP contribution in [0.3, 0.4) is 0 Å². The maximum Gasteiger partial charge on any atom is 0.225 e. The number of nitrogens with zero attached hydrogens (tertiary/aromatic N) is 4. The highest BCUT2D eigenvalue weighted by atomic mass is 127. The van der Waals surface area contributed by atoms with Crippen LogP contribution in [0.1, 0.15) is 46.0 Å². The zero-order valence-electron chi connectivity index (χ0n) is 19.6. The second kappa shape index (κ2) is 13.6. The summed E-state index contributed by atoms with van der Waals surface area (Å²) in [5, 5.41) is 7.03. The molecule has 2 saturated heterocycles. The van der Waals surface area contributed by atoms with Gasteiger partial charge in [-0.05, 0) is 39.5 Å². The van der Waals surface area contributed by atoms with E-state index < -0.39 is 0 Å². The summed E-state index contributed by atoms with van der Waals surface area (Å²) in [5.74, 6) is 1.66. The molecule has 3 aliphatic rings. The lowest BCUT2D eigenvalue weighted by Gasteiger charge is -2.38. The first-order valence-electron chi connectivity index (χ1n) is 12.0. The van der Waals surface area contributed by atoms with Crippen LogP contribution in [0.25, 0.3) is 0 Å². The molecule has 0 radical (unpaired) electrons. The van der Waals surface area contributed by atoms with Crippen molar-refractivity contribution in [3.05, 3.63) is 12.2 Å². The smallest absolute Gasteiger partial charge is 0.225 e. The highest BCUT2D eigenvalue weighted by Gasteiger charge is 2.31. The van der Waals surface area contributed by atoms with Gasteiger partial charge < -0.3 is 15.5 Å². The predicted octanol–water partition coefficient (Wildman–Crippen LogP) is 2.14. The van der Waals surface area contributed by atoms with E-state index in [1.807, 2.05) is 0 Å². The lowest BCUT2D eigenvalue weighted by atomic mass is 9.84. The molecule has 2 aliphatic heterocycles. The Morgan fingerprint density at radius 2 is 1.71 bits per heavy atom. The maximum atomic E-state index is 12.4. The van der Waals surface area contributed by atoms with Gasteiger partial charge in [0.1, 0.15) is 0 Å². The summed E-state index contributed by atoms with van der Waals surface area (Å²) in [6.07, 6.45) is 5.72. The first-order chi connectivity index (χ1) is 14.5. The molecule has 178 valence electrons. The SMILES string of the molecule is C=C(C)CN1CCC(NC(=NCCN2CCN(C(=O)C3CCC3)CC2)NCC)CC1.I. The fourth-order valence-electron chi connectivity index (χ4n) is 4.54. The third-order valence-corrected chi connectivity index (χ3v) is 6.59. The molecule has 0 unspecified atom stereocenters. The van der Waals surface area contributed by atoms with Gasteiger partial charge in [0.25, 0.3) is 0 Å². The van der Waals surface area contributed by atoms with E-state index in [1.165, 1.54) is 12.0 Å². The summed E-state index contributed by atoms with van der Waals surface area (Å²) in [6, 6.07) is 0.491. The number of nitrogens with one attached hydrogen (secondary N) is 2. The molecule has 0 aromatic rings. The molecule has 1 aliphatic carbocycles. The van der Waals surface area contributed by atoms with E-state index in [2.05, 4.69) is 45.8 Å². The number of amides is 1. The van der Waals surface area contributed by atoms with Crippen molar-refractivity contribution in [3.8, 4) is 0 Å². The lowest BCUT2D eigenvalue weighted by molar-refractivity contribution is -0.139. The van der Waals surface area contributed by atoms with Crippen molar-refractivity contribution in [3.63, 3.8) is 0 Å². The predicted molar refractivity (Wildman–Crippen MR) is 139 cm³/mol. The number of guanidine groups is 1. The number of aliphatic imine (C=N–C) groups is 1. The van der Waals surface area contributed by atoms with Crippen molar-refractivity contribution >= 4 is 35.8 Å². The molecule has 2 heterocycles. The van der Waals surface area contributed by atoms with Crippen LogP contribution in [-0.2, 0) is 4.79 Å². The molecule has 31 heavy (non-hydrogen) atoms. The van der Waals surface area contributed by atoms with Crippen LogP contribution >= 0.6 is 24.0 Å². The average molecular weight is 547 g/mol. The van der Waals surface area contributed by atoms with E-state index >= 15 is 0 Å². The maximum absolute atomic E-state index is 12.4. The quantitative estimate of drug-likeness (QED) is 0.212. The minimum absolute atomic E-state index is 0. The molecule has 3 fully saturated rings. The summed E-state index contributed by atoms with van der Waals surface area (Å²) < 4.78 is 0. The molecule has 0 spiro atoms. The molecule has 0 aromatic carbocycles. The number of rotatable bonds is 8. The van der Waals surface area contributed by atoms with Gasteiger partial charge in [-0.15, -0.1) is 24.0 Å². The standard InChI is InChI=1S/C23H42N6O.HI/c1-4-24-23(26-21-8-11-28(12-9-21)18-19(2)3)25-10-13-27-14-16-29(17-15-27)22(30)20-6-5-7-20;/h20-21H,2,4-18H2,1,3H3,(H2,24,25,26);1H. The number of likely N-dealkylation sites (tertiary alicyclic amines) is 1. The molecular weight excluding hydrogens is 503 g/mol. The Kier molecular flexibility index (Phi) is 11.6. The first-order valence-corrected chi connectivity index (χ1v) is 12.0. The molecule has 2 N–H and O–H groups in total. The largest absolute Gasteiger partial charge is 0.357 e. The highest BCUT2D eigenvalue weighted by Crippen LogP contribution is 2.28. The molecule has 0 aromatic heterocycles. The number of carbonyl (C=O) groups is 1. The zero-order valence-corrected chi connectivity index (χ0v) is 21.9. The van der Waals surface area contributed by atoms with Crippen LogP contribution in [0, 0.1) is 5.92 Å². The van der Waals surface area contributed by atoms with E-state index in [1.54, 1.807) is 0 Å². The van der Waals surface area contributed by atoms with Gasteiger partial charge in [0.05, 0.1) is 6.54 Å². The first kappa shape index (κ1) is 26.4. The molecule has 1 saturated carbocycles. The number of piperazine rings is 1. The van der Waals surface area contributed by atoms with Gasteiger partial charge in [-0.25, -0.2) is 0 Å². The Hall–Kier alpha value is -0.870. The van der Waals surface area contributed by atoms with E-state index in [0.717, 1.165) is 97.1 Å². The third kappa shape index (κ3) is 8.53. The van der Waals surface area contributed by atoms with Crippen LogP contribution in [-0.4, -0.2) is 98.1 Å². The number of hydrogen-bond donors (Lipinski definition) is 2. The highest BCUT2D eigenvalue weighted by molar-refractivity contribution is 14.0. The molecular formula is C23H43IN6O. The fourth-order valence-corrected chi connectivity index (χ4v) is 4.54. The van der Waals surface area contributed by atoms with Gasteiger partial charge in [0.2, 0.25) is 5.91 Å². The van der Waals surface area contributed by atoms with Gasteiger partial charge in [-0.2, -0.15) is 0 Å². The number of halogens is 1. The van der Waals surface area contributed by atoms with Crippen LogP contribution in [0.2, 0.25) is 0 Å². The van der Waals surface area contributed by atoms with Gasteiger partial charge in [-0.1, -0.05) is 18.6 Å². The number of carbonyl (C=O) groups excluding carboxylic acids is 1. The normalized spacial score (nSPS) is 21.9. The van der Waals surface area contributed by atoms with Crippen molar-refractivity contribution in [2.45, 2.75) is 52.0 Å². The summed E-state index contributed by atoms with van der Waals surface area (Å²) in [5.41, 5.74) is 1.24. The molecule has 0 bridgehead atoms. The van der Waals surface area contributed by atoms with Crippen LogP contribution in [0.15, 0.2) is 17.1 Å². The Bertz CT molecular complexity index is 593. The molecule has 7 nitrogen and oxygen atoms in total. The van der Waals surface area contributed by atoms with Crippen molar-refractivity contribution in [2.24, 2.45) is 10.9 Å². The summed E-state index contributed by atoms with van der Waals surface area (Å²) in [4.78, 5) is 24.2. The molecule has 8 heteroatoms. The Morgan fingerprint density at radius 3 is 2.26 bits per heavy atom. The van der Waals surface area contributed by atoms with Crippen LogP contribution < -0.4 is 10.6 Å². The number of hydrogen-bond acceptors (Lipinski definition) is 4. The zero-order chi connectivity index (χ0) is 21.3. The van der Waals surface area contributed by atoms with E-state index in [9.17, 15) is 4.79 Å². The van der Waals surface area contributed by atoms with E-state index in [4.69, 9.17) is 4.99 Å². The monoisotopic (exact) mass is 546 g/mol. The topological polar surface area (TPSA) is 63.2 Å². The van der Waals surface area contributed by atoms with Gasteiger partial charge in [0, 0.05) is 70.9 Å². The average Bonchev–Trinajstić information content (AvgIpc) is 2.68. The number of piperidine rings is 1. The van der Waals surface area contributed by atoms with Crippen LogP contribution in [0.5, 0.6) is 0 Å². The minimum atomic E-state index is 0. The summed E-state index contributed by atoms with van der Waals surface area (Å²) in [7, 11) is 0. The van der Waals surface area contributed by atoms with Crippen LogP contribution in [0.4, 0.5) is 0 Å². The molecule has 1 amide bonds. The Morgan fingerprint density at radius 1 is 1.03 bits per heavy atom. The van der Waals surface area contributed by atoms with Gasteiger partial charge in [0.15, 0.2) is 5.96 Å². The Balaban J connectivity index is 0.00000341. The van der Waals surface area contributed by atoms with Crippen molar-refractivity contribution in [1.29, 1.82) is 0 Å². The second-order valence-electron chi connectivity index (χ2n) is 9.21. The summed E-state index contributed by atoms with van der Waals surface area (Å²) >= 11 is 0. The Labute approximate surface area is 206 Å². The minimum Gasteiger partial charge on any atom is -0.357 e. The third-order valence-electron chi connectivity index (χ3n) is 6.59. The lowest BCUT2D eigenvalue weighted by Crippen LogP contribution is -2.51.